The van der Waals surface area contributed by atoms with Gasteiger partial charge in [-0.15, -0.1) is 0 Å². The first kappa shape index (κ1) is 89.9. The number of nitrogens with zero attached hydrogens (tertiary/aromatic N) is 4. The maximum Gasteiger partial charge on any atom is 0.361 e. The van der Waals surface area contributed by atoms with Crippen molar-refractivity contribution in [2.24, 2.45) is 0 Å². The molecule has 15 aromatic rings. The molecule has 9 aromatic carbocycles. The second-order valence-electron chi connectivity index (χ2n) is 29.0. The third-order valence-electron chi connectivity index (χ3n) is 22.1. The standard InChI is InChI=1S/C34H34N2O9.C32H29NO10.C31H29NO8/c1-35(2)33(38)31-29(20-9-11-23(40-3)21(15-20)18-37)30-22-16-27(43-6)28(44-7)17-25(22)45-34(39)32(30)36(31)13-12-19-8-10-24(41-4)26(14-19)42-5;1-38-21-9-7-18(13-19(21)16-34)27-28-20-14-25(41-4)26(42-5)15-23(20)43-32(37)30(28)33(29(27)31(35)36)11-10-17-6-8-22(39-2)24(12-17)40-3;1-35-23-9-7-19(13-20(23)17-33)22-16-32(11-10-18-6-8-24(36-2)26(12-18)37-3)30-29(22)21-14-27(38-4)28(39-5)15-25(21)40-31(30)34/h8-11,14-18H,12-13H2,1-7H3;6-9,12-16H,10-11H2,1-5H3,(H,35,36);6-9,12-17H,10-11H2,1-5H3. The molecular formula is C97H92N4O27. The van der Waals surface area contributed by atoms with E-state index in [2.05, 4.69) is 0 Å². The van der Waals surface area contributed by atoms with Crippen molar-refractivity contribution in [2.45, 2.75) is 38.9 Å². The number of amides is 1. The van der Waals surface area contributed by atoms with Gasteiger partial charge in [-0.1, -0.05) is 36.4 Å². The fourth-order valence-electron chi connectivity index (χ4n) is 16.0. The number of aldehydes is 3. The minimum Gasteiger partial charge on any atom is -0.496 e. The number of hydrogen-bond acceptors (Lipinski definition) is 26. The maximum atomic E-state index is 14.1. The normalized spacial score (nSPS) is 11.0. The van der Waals surface area contributed by atoms with Crippen molar-refractivity contribution >= 4 is 96.4 Å². The van der Waals surface area contributed by atoms with Crippen LogP contribution in [0.1, 0.15) is 68.7 Å². The predicted molar refractivity (Wildman–Crippen MR) is 480 cm³/mol. The summed E-state index contributed by atoms with van der Waals surface area (Å²) in [4.78, 5) is 105. The Balaban J connectivity index is 0.000000164. The van der Waals surface area contributed by atoms with Gasteiger partial charge in [-0.25, -0.2) is 19.2 Å². The molecule has 31 heteroatoms. The summed E-state index contributed by atoms with van der Waals surface area (Å²) < 4.78 is 104. The Hall–Kier alpha value is -15.8. The van der Waals surface area contributed by atoms with Crippen LogP contribution in [-0.2, 0) is 38.9 Å². The largest absolute Gasteiger partial charge is 0.496 e. The molecule has 0 aliphatic heterocycles. The van der Waals surface area contributed by atoms with Gasteiger partial charge in [0.25, 0.3) is 5.91 Å². The van der Waals surface area contributed by atoms with Crippen LogP contribution in [0.25, 0.3) is 99.0 Å². The van der Waals surface area contributed by atoms with Crippen LogP contribution >= 0.6 is 0 Å². The van der Waals surface area contributed by atoms with Crippen molar-refractivity contribution in [3.63, 3.8) is 0 Å². The molecular weight excluding hydrogens is 1650 g/mol. The summed E-state index contributed by atoms with van der Waals surface area (Å²) in [7, 11) is 26.1. The number of carboxylic acids is 1. The zero-order valence-corrected chi connectivity index (χ0v) is 73.3. The Morgan fingerprint density at radius 1 is 0.336 bits per heavy atom. The zero-order valence-electron chi connectivity index (χ0n) is 73.3. The number of aromatic carboxylic acids is 1. The molecule has 662 valence electrons. The van der Waals surface area contributed by atoms with Crippen molar-refractivity contribution in [2.75, 3.05) is 121 Å². The van der Waals surface area contributed by atoms with E-state index in [1.54, 1.807) is 145 Å². The van der Waals surface area contributed by atoms with Crippen molar-refractivity contribution < 1.29 is 113 Å². The predicted octanol–water partition coefficient (Wildman–Crippen LogP) is 15.9. The van der Waals surface area contributed by atoms with Gasteiger partial charge in [-0.2, -0.15) is 0 Å². The summed E-state index contributed by atoms with van der Waals surface area (Å²) >= 11 is 0. The van der Waals surface area contributed by atoms with E-state index in [1.165, 1.54) is 92.7 Å². The van der Waals surface area contributed by atoms with Crippen LogP contribution in [-0.4, -0.2) is 175 Å². The number of benzene rings is 9. The van der Waals surface area contributed by atoms with Crippen LogP contribution in [0.2, 0.25) is 0 Å². The van der Waals surface area contributed by atoms with Crippen molar-refractivity contribution in [1.29, 1.82) is 0 Å². The number of rotatable bonds is 32. The second-order valence-corrected chi connectivity index (χ2v) is 29.0. The Labute approximate surface area is 731 Å². The number of carbonyl (C=O) groups excluding carboxylic acids is 4. The molecule has 0 atom stereocenters. The summed E-state index contributed by atoms with van der Waals surface area (Å²) in [6, 6.07) is 41.7. The number of aryl methyl sites for hydroxylation is 6. The summed E-state index contributed by atoms with van der Waals surface area (Å²) in [5.74, 6) is 5.44. The topological polar surface area (TPSA) is 353 Å². The monoisotopic (exact) mass is 1740 g/mol. The first-order chi connectivity index (χ1) is 61.9. The smallest absolute Gasteiger partial charge is 0.361 e. The van der Waals surface area contributed by atoms with Gasteiger partial charge < -0.3 is 108 Å². The first-order valence-electron chi connectivity index (χ1n) is 39.7. The fourth-order valence-corrected chi connectivity index (χ4v) is 16.0. The van der Waals surface area contributed by atoms with Gasteiger partial charge in [-0.05, 0) is 144 Å². The number of carbonyl (C=O) groups is 5. The maximum absolute atomic E-state index is 14.1. The number of methoxy groups -OCH3 is 15. The molecule has 0 aliphatic carbocycles. The average molecular weight is 1750 g/mol. The van der Waals surface area contributed by atoms with Gasteiger partial charge in [0, 0.05) is 107 Å². The van der Waals surface area contributed by atoms with Crippen LogP contribution < -0.4 is 87.9 Å². The van der Waals surface area contributed by atoms with Crippen molar-refractivity contribution in [3.05, 3.63) is 228 Å². The minimum atomic E-state index is -1.27. The lowest BCUT2D eigenvalue weighted by molar-refractivity contribution is 0.0685. The van der Waals surface area contributed by atoms with E-state index in [-0.39, 0.29) is 69.3 Å². The quantitative estimate of drug-likeness (QED) is 0.0302. The van der Waals surface area contributed by atoms with Crippen LogP contribution in [0, 0.1) is 0 Å². The van der Waals surface area contributed by atoms with Crippen LogP contribution in [0.3, 0.4) is 0 Å². The highest BCUT2D eigenvalue weighted by atomic mass is 16.5. The molecule has 0 radical (unpaired) electrons. The van der Waals surface area contributed by atoms with E-state index in [9.17, 15) is 43.5 Å². The van der Waals surface area contributed by atoms with E-state index in [1.807, 2.05) is 53.2 Å². The molecule has 0 bridgehead atoms. The van der Waals surface area contributed by atoms with Crippen molar-refractivity contribution in [3.8, 4) is 120 Å². The van der Waals surface area contributed by atoms with E-state index >= 15 is 0 Å². The number of hydrogen-bond donors (Lipinski definition) is 1. The Morgan fingerprint density at radius 3 is 0.961 bits per heavy atom. The molecule has 6 heterocycles. The number of fused-ring (bicyclic) bond motifs is 9. The van der Waals surface area contributed by atoms with Gasteiger partial charge >= 0.3 is 22.8 Å². The second kappa shape index (κ2) is 38.9. The number of carboxylic acid groups (broad SMARTS) is 1. The fraction of sp³-hybridized carbons (Fsp3) is 0.237. The number of ether oxygens (including phenoxy) is 15. The van der Waals surface area contributed by atoms with Crippen LogP contribution in [0.5, 0.6) is 86.2 Å². The third-order valence-corrected chi connectivity index (χ3v) is 22.1. The first-order valence-corrected chi connectivity index (χ1v) is 39.7. The molecule has 31 nitrogen and oxygen atoms in total. The van der Waals surface area contributed by atoms with Crippen LogP contribution in [0.4, 0.5) is 0 Å². The van der Waals surface area contributed by atoms with Gasteiger partial charge in [0.05, 0.1) is 123 Å². The Bertz CT molecular complexity index is 7020. The third kappa shape index (κ3) is 17.1. The molecule has 0 aliphatic rings. The van der Waals surface area contributed by atoms with Gasteiger partial charge in [0.15, 0.2) is 87.9 Å². The molecule has 0 saturated heterocycles. The molecule has 15 rings (SSSR count). The summed E-state index contributed by atoms with van der Waals surface area (Å²) in [5, 5.41) is 13.7. The summed E-state index contributed by atoms with van der Waals surface area (Å²) in [6.07, 6.45) is 5.35. The highest BCUT2D eigenvalue weighted by Gasteiger charge is 2.33. The van der Waals surface area contributed by atoms with Gasteiger partial charge in [0.1, 0.15) is 61.9 Å². The highest BCUT2D eigenvalue weighted by molar-refractivity contribution is 6.20. The summed E-state index contributed by atoms with van der Waals surface area (Å²) in [5.41, 5.74) is 6.46. The lowest BCUT2D eigenvalue weighted by atomic mass is 9.97. The molecule has 0 fully saturated rings. The van der Waals surface area contributed by atoms with E-state index in [0.717, 1.165) is 34.1 Å². The molecule has 6 aromatic heterocycles. The van der Waals surface area contributed by atoms with Crippen LogP contribution in [0.15, 0.2) is 179 Å². The molecule has 0 spiro atoms. The highest BCUT2D eigenvalue weighted by Crippen LogP contribution is 2.47. The van der Waals surface area contributed by atoms with E-state index in [0.29, 0.717) is 190 Å². The summed E-state index contributed by atoms with van der Waals surface area (Å²) in [6.45, 7) is 0.821. The molecule has 1 amide bonds. The zero-order chi connectivity index (χ0) is 91.6. The lowest BCUT2D eigenvalue weighted by Gasteiger charge is -2.17. The molecule has 0 saturated carbocycles. The van der Waals surface area contributed by atoms with E-state index < -0.39 is 22.8 Å². The molecule has 1 N–H and O–H groups in total. The van der Waals surface area contributed by atoms with E-state index in [4.69, 9.17) is 84.3 Å². The molecule has 128 heavy (non-hydrogen) atoms. The lowest BCUT2D eigenvalue weighted by Crippen LogP contribution is -2.26. The SMILES string of the molecule is COc1ccc(-c2c(C(=O)N(C)C)n(CCc3ccc(OC)c(OC)c3)c3c(=O)oc4cc(OC)c(OC)cc4c23)cc1C=O.COc1ccc(-c2c(C(=O)O)n(CCc3ccc(OC)c(OC)c3)c3c(=O)oc4cc(OC)c(OC)cc4c23)cc1C=O.COc1ccc(-c2cn(CCc3ccc(OC)c(OC)c3)c3c(=O)oc4cc(OC)c(OC)cc4c23)cc1C=O. The Kier molecular flexibility index (Phi) is 27.4. The molecule has 0 unspecified atom stereocenters. The van der Waals surface area contributed by atoms with Gasteiger partial charge in [0.2, 0.25) is 0 Å². The van der Waals surface area contributed by atoms with Gasteiger partial charge in [-0.3, -0.25) is 19.2 Å². The average Bonchev–Trinajstić information content (AvgIpc) is 1.56. The van der Waals surface area contributed by atoms with Crippen molar-refractivity contribution in [1.82, 2.24) is 18.6 Å². The minimum absolute atomic E-state index is 0.0519. The number of aromatic nitrogens is 3. The Morgan fingerprint density at radius 2 is 0.625 bits per heavy atom.